The number of aromatic nitrogens is 1. The number of carbonyl (C=O) groups excluding carboxylic acids is 1. The molecule has 3 rings (SSSR count). The Labute approximate surface area is 156 Å². The Kier molecular flexibility index (Phi) is 5.30. The quantitative estimate of drug-likeness (QED) is 0.601. The zero-order valence-corrected chi connectivity index (χ0v) is 16.2. The third kappa shape index (κ3) is 3.24. The Morgan fingerprint density at radius 3 is 2.71 bits per heavy atom. The number of nitrogens with zero attached hydrogens (tertiary/aromatic N) is 2. The van der Waals surface area contributed by atoms with E-state index in [2.05, 4.69) is 4.99 Å². The lowest BCUT2D eigenvalue weighted by Gasteiger charge is -2.07. The molecule has 1 amide bonds. The molecule has 4 nitrogen and oxygen atoms in total. The van der Waals surface area contributed by atoms with Crippen molar-refractivity contribution in [1.29, 1.82) is 0 Å². The van der Waals surface area contributed by atoms with E-state index in [1.54, 1.807) is 6.07 Å². The molecule has 3 aromatic rings. The molecule has 126 valence electrons. The lowest BCUT2D eigenvalue weighted by molar-refractivity contribution is 0.0998. The van der Waals surface area contributed by atoms with Gasteiger partial charge in [-0.25, -0.2) is 0 Å². The minimum absolute atomic E-state index is 0.330. The zero-order chi connectivity index (χ0) is 17.3. The number of halogens is 2. The maximum Gasteiger partial charge on any atom is 0.282 e. The van der Waals surface area contributed by atoms with Crippen LogP contribution in [0.1, 0.15) is 24.2 Å². The molecule has 0 saturated heterocycles. The maximum absolute atomic E-state index is 12.5. The van der Waals surface area contributed by atoms with Gasteiger partial charge in [-0.3, -0.25) is 4.79 Å². The first-order valence-electron chi connectivity index (χ1n) is 7.34. The number of rotatable bonds is 4. The molecule has 0 atom stereocenters. The number of hydrogen-bond donors (Lipinski definition) is 0. The fourth-order valence-electron chi connectivity index (χ4n) is 2.38. The Morgan fingerprint density at radius 2 is 2.08 bits per heavy atom. The Balaban J connectivity index is 2.17. The van der Waals surface area contributed by atoms with Gasteiger partial charge in [0, 0.05) is 6.54 Å². The molecule has 0 spiro atoms. The summed E-state index contributed by atoms with van der Waals surface area (Å²) in [5, 5.41) is 0. The van der Waals surface area contributed by atoms with E-state index in [4.69, 9.17) is 27.9 Å². The fourth-order valence-corrected chi connectivity index (χ4v) is 4.94. The van der Waals surface area contributed by atoms with Crippen LogP contribution in [-0.4, -0.2) is 17.1 Å². The van der Waals surface area contributed by atoms with Crippen molar-refractivity contribution in [2.24, 2.45) is 4.99 Å². The van der Waals surface area contributed by atoms with Gasteiger partial charge in [-0.2, -0.15) is 4.99 Å². The minimum atomic E-state index is -0.394. The van der Waals surface area contributed by atoms with Gasteiger partial charge in [-0.05, 0) is 32.0 Å². The highest BCUT2D eigenvalue weighted by atomic mass is 35.5. The van der Waals surface area contributed by atoms with Crippen LogP contribution in [0.4, 0.5) is 0 Å². The number of aryl methyl sites for hydroxylation is 1. The lowest BCUT2D eigenvalue weighted by Crippen LogP contribution is -2.16. The minimum Gasteiger partial charge on any atom is -0.492 e. The maximum atomic E-state index is 12.5. The Bertz CT molecular complexity index is 972. The summed E-state index contributed by atoms with van der Waals surface area (Å²) in [4.78, 5) is 17.3. The second-order valence-electron chi connectivity index (χ2n) is 4.82. The van der Waals surface area contributed by atoms with Crippen molar-refractivity contribution in [3.63, 3.8) is 0 Å². The summed E-state index contributed by atoms with van der Waals surface area (Å²) < 4.78 is 9.53. The molecule has 0 bridgehead atoms. The van der Waals surface area contributed by atoms with Crippen LogP contribution in [0.3, 0.4) is 0 Å². The topological polar surface area (TPSA) is 43.6 Å². The van der Waals surface area contributed by atoms with E-state index in [0.29, 0.717) is 32.2 Å². The zero-order valence-electron chi connectivity index (χ0n) is 13.0. The first-order chi connectivity index (χ1) is 11.5. The van der Waals surface area contributed by atoms with Gasteiger partial charge in [-0.15, -0.1) is 11.3 Å². The van der Waals surface area contributed by atoms with Gasteiger partial charge in [0.15, 0.2) is 4.80 Å². The predicted molar refractivity (Wildman–Crippen MR) is 101 cm³/mol. The van der Waals surface area contributed by atoms with Gasteiger partial charge in [0.05, 0.1) is 21.2 Å². The van der Waals surface area contributed by atoms with Crippen LogP contribution in [0.15, 0.2) is 29.3 Å². The van der Waals surface area contributed by atoms with Gasteiger partial charge in [0.1, 0.15) is 15.6 Å². The molecule has 8 heteroatoms. The van der Waals surface area contributed by atoms with Crippen LogP contribution < -0.4 is 9.54 Å². The number of thiazole rings is 1. The molecule has 0 aliphatic carbocycles. The smallest absolute Gasteiger partial charge is 0.282 e. The number of ether oxygens (including phenoxy) is 1. The molecular weight excluding hydrogens is 387 g/mol. The van der Waals surface area contributed by atoms with Crippen molar-refractivity contribution >= 4 is 62.0 Å². The first-order valence-corrected chi connectivity index (χ1v) is 9.73. The molecule has 0 fully saturated rings. The number of thiophene rings is 1. The summed E-state index contributed by atoms with van der Waals surface area (Å²) in [6.45, 7) is 5.20. The van der Waals surface area contributed by atoms with E-state index in [-0.39, 0.29) is 0 Å². The van der Waals surface area contributed by atoms with Crippen molar-refractivity contribution in [1.82, 2.24) is 4.57 Å². The van der Waals surface area contributed by atoms with E-state index in [1.807, 2.05) is 36.6 Å². The van der Waals surface area contributed by atoms with Crippen LogP contribution in [0.5, 0.6) is 5.75 Å². The number of carbonyl (C=O) groups is 1. The van der Waals surface area contributed by atoms with Crippen molar-refractivity contribution < 1.29 is 9.53 Å². The fraction of sp³-hybridized carbons (Fsp3) is 0.250. The molecule has 0 saturated carbocycles. The molecule has 2 aromatic heterocycles. The lowest BCUT2D eigenvalue weighted by atomic mass is 10.3. The largest absolute Gasteiger partial charge is 0.492 e. The summed E-state index contributed by atoms with van der Waals surface area (Å²) >= 11 is 14.6. The average Bonchev–Trinajstić information content (AvgIpc) is 3.07. The summed E-state index contributed by atoms with van der Waals surface area (Å²) in [6, 6.07) is 7.40. The van der Waals surface area contributed by atoms with E-state index in [9.17, 15) is 4.79 Å². The van der Waals surface area contributed by atoms with E-state index in [0.717, 1.165) is 27.3 Å². The monoisotopic (exact) mass is 400 g/mol. The summed E-state index contributed by atoms with van der Waals surface area (Å²) in [5.41, 5.74) is 1.28. The molecule has 0 unspecified atom stereocenters. The van der Waals surface area contributed by atoms with Crippen molar-refractivity contribution in [3.8, 4) is 5.75 Å². The van der Waals surface area contributed by atoms with Crippen LogP contribution in [0.25, 0.3) is 10.2 Å². The van der Waals surface area contributed by atoms with Crippen LogP contribution in [0, 0.1) is 0 Å². The van der Waals surface area contributed by atoms with Gasteiger partial charge >= 0.3 is 0 Å². The van der Waals surface area contributed by atoms with Crippen molar-refractivity contribution in [2.45, 2.75) is 20.4 Å². The summed E-state index contributed by atoms with van der Waals surface area (Å²) in [7, 11) is 0. The van der Waals surface area contributed by atoms with Crippen molar-refractivity contribution in [3.05, 3.63) is 43.3 Å². The standard InChI is InChI=1S/C16H14Cl2N2O2S2/c1-3-20-13-10(22-4-2)6-5-7-11(13)23-16(20)19-15(21)9-8-12(17)24-14(9)18/h5-8H,3-4H2,1-2H3. The molecule has 1 aromatic carbocycles. The van der Waals surface area contributed by atoms with Crippen LogP contribution in [0.2, 0.25) is 8.67 Å². The second-order valence-corrected chi connectivity index (χ2v) is 8.11. The highest BCUT2D eigenvalue weighted by Crippen LogP contribution is 2.32. The first kappa shape index (κ1) is 17.5. The third-order valence-corrected chi connectivity index (χ3v) is 5.90. The number of para-hydroxylation sites is 1. The third-order valence-electron chi connectivity index (χ3n) is 3.36. The summed E-state index contributed by atoms with van der Waals surface area (Å²) in [6.07, 6.45) is 0. The number of fused-ring (bicyclic) bond motifs is 1. The molecule has 0 radical (unpaired) electrons. The van der Waals surface area contributed by atoms with Gasteiger partial charge in [0.2, 0.25) is 0 Å². The number of benzene rings is 1. The van der Waals surface area contributed by atoms with E-state index in [1.165, 1.54) is 11.3 Å². The van der Waals surface area contributed by atoms with Crippen LogP contribution in [-0.2, 0) is 6.54 Å². The molecule has 0 aliphatic rings. The van der Waals surface area contributed by atoms with Gasteiger partial charge in [-0.1, -0.05) is 40.6 Å². The SMILES string of the molecule is CCOc1cccc2sc(=NC(=O)c3cc(Cl)sc3Cl)n(CC)c12. The van der Waals surface area contributed by atoms with Gasteiger partial charge in [0.25, 0.3) is 5.91 Å². The number of hydrogen-bond acceptors (Lipinski definition) is 4. The Hall–Kier alpha value is -1.34. The molecule has 0 N–H and O–H groups in total. The van der Waals surface area contributed by atoms with E-state index >= 15 is 0 Å². The normalized spacial score (nSPS) is 12.1. The number of amides is 1. The molecule has 24 heavy (non-hydrogen) atoms. The predicted octanol–water partition coefficient (Wildman–Crippen LogP) is 5.23. The van der Waals surface area contributed by atoms with Gasteiger partial charge < -0.3 is 9.30 Å². The highest BCUT2D eigenvalue weighted by molar-refractivity contribution is 7.20. The Morgan fingerprint density at radius 1 is 1.29 bits per heavy atom. The second kappa shape index (κ2) is 7.27. The molecular formula is C16H14Cl2N2O2S2. The van der Waals surface area contributed by atoms with E-state index < -0.39 is 5.91 Å². The molecule has 0 aliphatic heterocycles. The molecule has 2 heterocycles. The van der Waals surface area contributed by atoms with Crippen molar-refractivity contribution in [2.75, 3.05) is 6.61 Å². The summed E-state index contributed by atoms with van der Waals surface area (Å²) in [5.74, 6) is 0.397. The van der Waals surface area contributed by atoms with Crippen LogP contribution >= 0.6 is 45.9 Å². The highest BCUT2D eigenvalue weighted by Gasteiger charge is 2.16. The average molecular weight is 401 g/mol.